The first kappa shape index (κ1) is 19.7. The molecular weight excluding hydrogens is 332 g/mol. The number of aliphatic imine (C=N–C) groups is 3. The number of rotatable bonds is 5. The highest BCUT2D eigenvalue weighted by Gasteiger charge is 2.15. The number of nitrogens with zero attached hydrogens (tertiary/aromatic N) is 3. The van der Waals surface area contributed by atoms with Gasteiger partial charge in [0.15, 0.2) is 11.0 Å². The van der Waals surface area contributed by atoms with Crippen LogP contribution in [0.1, 0.15) is 32.6 Å². The summed E-state index contributed by atoms with van der Waals surface area (Å²) in [5.74, 6) is 1.50. The Morgan fingerprint density at radius 1 is 1.44 bits per heavy atom. The normalized spacial score (nSPS) is 24.2. The van der Waals surface area contributed by atoms with Crippen LogP contribution in [0.4, 0.5) is 0 Å². The van der Waals surface area contributed by atoms with Crippen molar-refractivity contribution in [2.24, 2.45) is 15.0 Å². The van der Waals surface area contributed by atoms with Crippen LogP contribution in [-0.2, 0) is 4.74 Å². The first-order valence-electron chi connectivity index (χ1n) is 8.75. The van der Waals surface area contributed by atoms with Gasteiger partial charge in [-0.2, -0.15) is 0 Å². The molecule has 1 fully saturated rings. The molecule has 0 amide bonds. The third-order valence-corrected chi connectivity index (χ3v) is 5.12. The predicted octanol–water partition coefficient (Wildman–Crippen LogP) is 3.75. The number of nitrogens with one attached hydrogen (secondary N) is 1. The number of hydrogen-bond acceptors (Lipinski definition) is 4. The highest BCUT2D eigenvalue weighted by Crippen LogP contribution is 2.21. The topological polar surface area (TPSA) is 58.3 Å². The molecule has 0 bridgehead atoms. The third-order valence-electron chi connectivity index (χ3n) is 4.19. The Morgan fingerprint density at radius 3 is 2.96 bits per heavy atom. The Balaban J connectivity index is 1.98. The predicted molar refractivity (Wildman–Crippen MR) is 110 cm³/mol. The number of amidine groups is 2. The molecule has 0 aromatic heterocycles. The lowest BCUT2D eigenvalue weighted by atomic mass is 10.1. The van der Waals surface area contributed by atoms with E-state index in [0.717, 1.165) is 41.5 Å². The van der Waals surface area contributed by atoms with E-state index in [0.29, 0.717) is 18.5 Å². The van der Waals surface area contributed by atoms with Gasteiger partial charge >= 0.3 is 0 Å². The number of allylic oxidation sites excluding steroid dienone is 3. The minimum atomic E-state index is 0.357. The molecule has 2 aliphatic rings. The average molecular weight is 361 g/mol. The monoisotopic (exact) mass is 360 g/mol. The van der Waals surface area contributed by atoms with Gasteiger partial charge in [0.05, 0.1) is 6.10 Å². The second-order valence-corrected chi connectivity index (χ2v) is 7.02. The summed E-state index contributed by atoms with van der Waals surface area (Å²) in [7, 11) is 1.80. The molecule has 0 aromatic carbocycles. The summed E-state index contributed by atoms with van der Waals surface area (Å²) in [5.41, 5.74) is 2.26. The molecule has 136 valence electrons. The average Bonchev–Trinajstić information content (AvgIpc) is 3.17. The summed E-state index contributed by atoms with van der Waals surface area (Å²) in [6, 6.07) is 0. The summed E-state index contributed by atoms with van der Waals surface area (Å²) in [6.45, 7) is 6.87. The molecule has 0 saturated heterocycles. The van der Waals surface area contributed by atoms with Gasteiger partial charge in [-0.3, -0.25) is 4.99 Å². The SMILES string of the molecule is C=NC(COC1CCCC1)=N/C=C(C)/C1=C/CSC(=NC)NCC=C1. The van der Waals surface area contributed by atoms with E-state index < -0.39 is 0 Å². The van der Waals surface area contributed by atoms with E-state index in [1.807, 2.05) is 6.20 Å². The summed E-state index contributed by atoms with van der Waals surface area (Å²) in [4.78, 5) is 12.7. The Bertz CT molecular complexity index is 599. The molecule has 2 rings (SSSR count). The lowest BCUT2D eigenvalue weighted by Gasteiger charge is -2.10. The van der Waals surface area contributed by atoms with E-state index in [1.165, 1.54) is 12.8 Å². The minimum absolute atomic E-state index is 0.357. The van der Waals surface area contributed by atoms with E-state index in [-0.39, 0.29) is 0 Å². The van der Waals surface area contributed by atoms with Crippen LogP contribution in [0.5, 0.6) is 0 Å². The zero-order valence-corrected chi connectivity index (χ0v) is 16.0. The van der Waals surface area contributed by atoms with E-state index in [4.69, 9.17) is 4.74 Å². The molecule has 1 heterocycles. The van der Waals surface area contributed by atoms with Gasteiger partial charge in [0, 0.05) is 25.5 Å². The van der Waals surface area contributed by atoms with Crippen LogP contribution in [0.25, 0.3) is 0 Å². The molecule has 6 heteroatoms. The van der Waals surface area contributed by atoms with Crippen molar-refractivity contribution in [3.8, 4) is 0 Å². The largest absolute Gasteiger partial charge is 0.370 e. The van der Waals surface area contributed by atoms with Gasteiger partial charge in [0.2, 0.25) is 0 Å². The van der Waals surface area contributed by atoms with Crippen LogP contribution < -0.4 is 5.32 Å². The van der Waals surface area contributed by atoms with Crippen LogP contribution in [-0.4, -0.2) is 49.8 Å². The minimum Gasteiger partial charge on any atom is -0.370 e. The lowest BCUT2D eigenvalue weighted by Crippen LogP contribution is -2.20. The summed E-state index contributed by atoms with van der Waals surface area (Å²) >= 11 is 1.69. The molecule has 0 aromatic rings. The van der Waals surface area contributed by atoms with Crippen molar-refractivity contribution in [1.82, 2.24) is 5.32 Å². The fraction of sp³-hybridized carbons (Fsp3) is 0.526. The zero-order chi connectivity index (χ0) is 17.9. The second-order valence-electron chi connectivity index (χ2n) is 6.02. The van der Waals surface area contributed by atoms with Crippen molar-refractivity contribution >= 4 is 29.5 Å². The molecule has 1 saturated carbocycles. The van der Waals surface area contributed by atoms with Crippen LogP contribution >= 0.6 is 11.8 Å². The summed E-state index contributed by atoms with van der Waals surface area (Å²) in [5, 5.41) is 4.24. The Hall–Kier alpha value is -1.66. The van der Waals surface area contributed by atoms with Crippen LogP contribution in [0.3, 0.4) is 0 Å². The Labute approximate surface area is 155 Å². The molecule has 25 heavy (non-hydrogen) atoms. The first-order valence-corrected chi connectivity index (χ1v) is 9.73. The number of hydrogen-bond donors (Lipinski definition) is 1. The Morgan fingerprint density at radius 2 is 2.24 bits per heavy atom. The van der Waals surface area contributed by atoms with Gasteiger partial charge in [-0.05, 0) is 37.6 Å². The Kier molecular flexibility index (Phi) is 8.69. The van der Waals surface area contributed by atoms with E-state index in [2.05, 4.69) is 52.2 Å². The maximum Gasteiger partial charge on any atom is 0.156 e. The molecule has 0 unspecified atom stereocenters. The lowest BCUT2D eigenvalue weighted by molar-refractivity contribution is 0.0871. The third kappa shape index (κ3) is 7.00. The molecule has 0 radical (unpaired) electrons. The molecule has 1 aliphatic carbocycles. The highest BCUT2D eigenvalue weighted by molar-refractivity contribution is 8.13. The number of ether oxygens (including phenoxy) is 1. The fourth-order valence-electron chi connectivity index (χ4n) is 2.71. The van der Waals surface area contributed by atoms with Gasteiger partial charge in [0.25, 0.3) is 0 Å². The zero-order valence-electron chi connectivity index (χ0n) is 15.2. The van der Waals surface area contributed by atoms with Crippen molar-refractivity contribution < 1.29 is 4.74 Å². The summed E-state index contributed by atoms with van der Waals surface area (Å²) in [6.07, 6.45) is 13.4. The van der Waals surface area contributed by atoms with E-state index >= 15 is 0 Å². The quantitative estimate of drug-likeness (QED) is 0.600. The van der Waals surface area contributed by atoms with Crippen LogP contribution in [0, 0.1) is 0 Å². The van der Waals surface area contributed by atoms with Crippen molar-refractivity contribution in [3.63, 3.8) is 0 Å². The van der Waals surface area contributed by atoms with Crippen molar-refractivity contribution in [2.45, 2.75) is 38.7 Å². The second kappa shape index (κ2) is 11.1. The highest BCUT2D eigenvalue weighted by atomic mass is 32.2. The van der Waals surface area contributed by atoms with Crippen LogP contribution in [0.15, 0.2) is 50.6 Å². The smallest absolute Gasteiger partial charge is 0.156 e. The molecular formula is C19H28N4OS. The molecule has 1 aliphatic heterocycles. The van der Waals surface area contributed by atoms with E-state index in [9.17, 15) is 0 Å². The molecule has 0 spiro atoms. The van der Waals surface area contributed by atoms with Gasteiger partial charge in [0.1, 0.15) is 6.61 Å². The van der Waals surface area contributed by atoms with Gasteiger partial charge in [-0.1, -0.05) is 42.8 Å². The van der Waals surface area contributed by atoms with Gasteiger partial charge in [-0.15, -0.1) is 0 Å². The van der Waals surface area contributed by atoms with Gasteiger partial charge in [-0.25, -0.2) is 9.98 Å². The van der Waals surface area contributed by atoms with Crippen molar-refractivity contribution in [3.05, 3.63) is 35.6 Å². The number of thioether (sulfide) groups is 1. The van der Waals surface area contributed by atoms with Crippen molar-refractivity contribution in [1.29, 1.82) is 0 Å². The van der Waals surface area contributed by atoms with Crippen molar-refractivity contribution in [2.75, 3.05) is 26.0 Å². The maximum absolute atomic E-state index is 5.86. The standard InChI is InChI=1S/C19H28N4OS/c1-15(16-7-6-11-22-19(21-3)25-12-10-16)13-23-18(20-2)14-24-17-8-4-5-9-17/h6-7,10,13,17H,2,4-5,8-9,11-12,14H2,1,3H3,(H,21,22)/b7-6?,15-13+,16-10+,23-18?. The van der Waals surface area contributed by atoms with Gasteiger partial charge < -0.3 is 10.1 Å². The fourth-order valence-corrected chi connectivity index (χ4v) is 3.45. The van der Waals surface area contributed by atoms with E-state index in [1.54, 1.807) is 18.8 Å². The first-order chi connectivity index (χ1) is 12.2. The molecule has 1 N–H and O–H groups in total. The molecule has 5 nitrogen and oxygen atoms in total. The van der Waals surface area contributed by atoms with Crippen LogP contribution in [0.2, 0.25) is 0 Å². The summed E-state index contributed by atoms with van der Waals surface area (Å²) < 4.78 is 5.86. The molecule has 0 atom stereocenters. The maximum atomic E-state index is 5.86.